The average Bonchev–Trinajstić information content (AvgIpc) is 2.59. The molecule has 0 aromatic heterocycles. The molecule has 0 unspecified atom stereocenters. The van der Waals surface area contributed by atoms with Gasteiger partial charge in [0.15, 0.2) is 0 Å². The van der Waals surface area contributed by atoms with Crippen molar-refractivity contribution >= 4 is 24.2 Å². The third-order valence-electron chi connectivity index (χ3n) is 4.17. The van der Waals surface area contributed by atoms with Crippen LogP contribution in [-0.4, -0.2) is 24.2 Å². The van der Waals surface area contributed by atoms with Crippen molar-refractivity contribution in [3.05, 3.63) is 24.3 Å². The fourth-order valence-corrected chi connectivity index (χ4v) is 2.19. The molecule has 0 bridgehead atoms. The van der Waals surface area contributed by atoms with E-state index in [0.29, 0.717) is 6.42 Å². The van der Waals surface area contributed by atoms with Crippen LogP contribution >= 0.6 is 0 Å². The molecule has 1 aliphatic rings. The number of rotatable bonds is 4. The number of amides is 1. The fourth-order valence-electron chi connectivity index (χ4n) is 2.19. The Kier molecular flexibility index (Phi) is 4.44. The van der Waals surface area contributed by atoms with Crippen molar-refractivity contribution in [3.8, 4) is 0 Å². The van der Waals surface area contributed by atoms with Gasteiger partial charge < -0.3 is 14.6 Å². The van der Waals surface area contributed by atoms with E-state index >= 15 is 0 Å². The van der Waals surface area contributed by atoms with E-state index in [0.717, 1.165) is 17.6 Å². The standard InChI is InChI=1S/C16H24BNO3/c1-6-8-14(19)18-13-10-7-9-12(11-13)17-20-15(2,3)16(4,5)21-17/h7,9-11H,6,8H2,1-5H3,(H,18,19). The van der Waals surface area contributed by atoms with Crippen molar-refractivity contribution in [2.24, 2.45) is 0 Å². The Morgan fingerprint density at radius 3 is 2.38 bits per heavy atom. The van der Waals surface area contributed by atoms with Gasteiger partial charge in [-0.05, 0) is 51.7 Å². The van der Waals surface area contributed by atoms with Crippen LogP contribution in [0.25, 0.3) is 0 Å². The molecule has 0 aliphatic carbocycles. The van der Waals surface area contributed by atoms with Crippen LogP contribution < -0.4 is 10.8 Å². The zero-order chi connectivity index (χ0) is 15.7. The summed E-state index contributed by atoms with van der Waals surface area (Å²) in [5.41, 5.74) is 0.974. The zero-order valence-electron chi connectivity index (χ0n) is 13.5. The lowest BCUT2D eigenvalue weighted by molar-refractivity contribution is -0.116. The van der Waals surface area contributed by atoms with Gasteiger partial charge in [-0.15, -0.1) is 0 Å². The van der Waals surface area contributed by atoms with Crippen LogP contribution in [0.3, 0.4) is 0 Å². The molecule has 1 amide bonds. The normalized spacial score (nSPS) is 19.6. The largest absolute Gasteiger partial charge is 0.494 e. The minimum atomic E-state index is -0.405. The molecule has 1 fully saturated rings. The Labute approximate surface area is 127 Å². The smallest absolute Gasteiger partial charge is 0.399 e. The van der Waals surface area contributed by atoms with Crippen LogP contribution in [0.4, 0.5) is 5.69 Å². The molecule has 21 heavy (non-hydrogen) atoms. The number of benzene rings is 1. The summed E-state index contributed by atoms with van der Waals surface area (Å²) >= 11 is 0. The van der Waals surface area contributed by atoms with Gasteiger partial charge in [0, 0.05) is 12.1 Å². The van der Waals surface area contributed by atoms with Gasteiger partial charge in [0.25, 0.3) is 0 Å². The average molecular weight is 289 g/mol. The maximum Gasteiger partial charge on any atom is 0.494 e. The highest BCUT2D eigenvalue weighted by Gasteiger charge is 2.51. The highest BCUT2D eigenvalue weighted by molar-refractivity contribution is 6.62. The summed E-state index contributed by atoms with van der Waals surface area (Å²) in [4.78, 5) is 11.7. The van der Waals surface area contributed by atoms with E-state index in [-0.39, 0.29) is 17.1 Å². The van der Waals surface area contributed by atoms with E-state index in [4.69, 9.17) is 9.31 Å². The maximum atomic E-state index is 11.7. The summed E-state index contributed by atoms with van der Waals surface area (Å²) in [6, 6.07) is 7.65. The van der Waals surface area contributed by atoms with E-state index in [1.54, 1.807) is 0 Å². The third-order valence-corrected chi connectivity index (χ3v) is 4.17. The van der Waals surface area contributed by atoms with Crippen LogP contribution in [0, 0.1) is 0 Å². The molecule has 1 aromatic carbocycles. The van der Waals surface area contributed by atoms with Crippen LogP contribution in [0.1, 0.15) is 47.5 Å². The minimum Gasteiger partial charge on any atom is -0.399 e. The number of carbonyl (C=O) groups is 1. The number of carbonyl (C=O) groups excluding carboxylic acids is 1. The van der Waals surface area contributed by atoms with E-state index in [9.17, 15) is 4.79 Å². The molecule has 5 heteroatoms. The van der Waals surface area contributed by atoms with E-state index in [2.05, 4.69) is 5.32 Å². The summed E-state index contributed by atoms with van der Waals surface area (Å²) in [5, 5.41) is 2.90. The number of hydrogen-bond acceptors (Lipinski definition) is 3. The highest BCUT2D eigenvalue weighted by atomic mass is 16.7. The van der Waals surface area contributed by atoms with Crippen LogP contribution in [-0.2, 0) is 14.1 Å². The predicted molar refractivity (Wildman–Crippen MR) is 85.7 cm³/mol. The Morgan fingerprint density at radius 2 is 1.81 bits per heavy atom. The quantitative estimate of drug-likeness (QED) is 0.867. The molecule has 114 valence electrons. The summed E-state index contributed by atoms with van der Waals surface area (Å²) in [5.74, 6) is 0.0311. The van der Waals surface area contributed by atoms with Crippen molar-refractivity contribution in [1.29, 1.82) is 0 Å². The Bertz CT molecular complexity index is 512. The van der Waals surface area contributed by atoms with E-state index in [1.807, 2.05) is 58.9 Å². The van der Waals surface area contributed by atoms with Crippen LogP contribution in [0.5, 0.6) is 0 Å². The summed E-state index contributed by atoms with van der Waals surface area (Å²) in [6.07, 6.45) is 1.36. The second-order valence-corrected chi connectivity index (χ2v) is 6.51. The molecule has 0 radical (unpaired) electrons. The SMILES string of the molecule is CCCC(=O)Nc1cccc(B2OC(C)(C)C(C)(C)O2)c1. The molecular weight excluding hydrogens is 265 g/mol. The van der Waals surface area contributed by atoms with Gasteiger partial charge in [-0.3, -0.25) is 4.79 Å². The number of hydrogen-bond donors (Lipinski definition) is 1. The molecule has 0 atom stereocenters. The van der Waals surface area contributed by atoms with Crippen molar-refractivity contribution in [1.82, 2.24) is 0 Å². The van der Waals surface area contributed by atoms with Gasteiger partial charge in [-0.1, -0.05) is 19.1 Å². The van der Waals surface area contributed by atoms with Crippen molar-refractivity contribution in [3.63, 3.8) is 0 Å². The minimum absolute atomic E-state index is 0.0311. The second kappa shape index (κ2) is 5.81. The van der Waals surface area contributed by atoms with Gasteiger partial charge in [0.1, 0.15) is 0 Å². The van der Waals surface area contributed by atoms with Crippen LogP contribution in [0.15, 0.2) is 24.3 Å². The first-order chi connectivity index (χ1) is 9.75. The molecule has 1 N–H and O–H groups in total. The predicted octanol–water partition coefficient (Wildman–Crippen LogP) is 2.72. The second-order valence-electron chi connectivity index (χ2n) is 6.51. The summed E-state index contributed by atoms with van der Waals surface area (Å²) in [6.45, 7) is 10.1. The van der Waals surface area contributed by atoms with Crippen molar-refractivity contribution < 1.29 is 14.1 Å². The summed E-state index contributed by atoms with van der Waals surface area (Å²) < 4.78 is 12.0. The summed E-state index contributed by atoms with van der Waals surface area (Å²) in [7, 11) is -0.405. The van der Waals surface area contributed by atoms with E-state index in [1.165, 1.54) is 0 Å². The fraction of sp³-hybridized carbons (Fsp3) is 0.562. The molecule has 2 rings (SSSR count). The van der Waals surface area contributed by atoms with Gasteiger partial charge in [-0.2, -0.15) is 0 Å². The van der Waals surface area contributed by atoms with E-state index < -0.39 is 7.12 Å². The number of anilines is 1. The van der Waals surface area contributed by atoms with Crippen molar-refractivity contribution in [2.45, 2.75) is 58.7 Å². The molecule has 1 heterocycles. The monoisotopic (exact) mass is 289 g/mol. The first-order valence-corrected chi connectivity index (χ1v) is 7.50. The third kappa shape index (κ3) is 3.47. The molecule has 0 spiro atoms. The first-order valence-electron chi connectivity index (χ1n) is 7.50. The van der Waals surface area contributed by atoms with Gasteiger partial charge >= 0.3 is 7.12 Å². The van der Waals surface area contributed by atoms with Gasteiger partial charge in [0.05, 0.1) is 11.2 Å². The first kappa shape index (κ1) is 16.1. The number of nitrogens with one attached hydrogen (secondary N) is 1. The molecule has 4 nitrogen and oxygen atoms in total. The Hall–Kier alpha value is -1.33. The van der Waals surface area contributed by atoms with Gasteiger partial charge in [-0.25, -0.2) is 0 Å². The Morgan fingerprint density at radius 1 is 1.19 bits per heavy atom. The molecular formula is C16H24BNO3. The molecule has 0 saturated carbocycles. The molecule has 1 saturated heterocycles. The van der Waals surface area contributed by atoms with Crippen molar-refractivity contribution in [2.75, 3.05) is 5.32 Å². The van der Waals surface area contributed by atoms with Crippen LogP contribution in [0.2, 0.25) is 0 Å². The lowest BCUT2D eigenvalue weighted by atomic mass is 9.79. The molecule has 1 aliphatic heterocycles. The lowest BCUT2D eigenvalue weighted by Gasteiger charge is -2.32. The maximum absolute atomic E-state index is 11.7. The lowest BCUT2D eigenvalue weighted by Crippen LogP contribution is -2.41. The Balaban J connectivity index is 2.14. The highest BCUT2D eigenvalue weighted by Crippen LogP contribution is 2.36. The zero-order valence-corrected chi connectivity index (χ0v) is 13.5. The van der Waals surface area contributed by atoms with Gasteiger partial charge in [0.2, 0.25) is 5.91 Å². The molecule has 1 aromatic rings. The topological polar surface area (TPSA) is 47.6 Å².